The van der Waals surface area contributed by atoms with Gasteiger partial charge in [-0.3, -0.25) is 9.48 Å². The van der Waals surface area contributed by atoms with Crippen LogP contribution in [0.1, 0.15) is 21.6 Å². The van der Waals surface area contributed by atoms with Gasteiger partial charge in [0.1, 0.15) is 5.75 Å². The van der Waals surface area contributed by atoms with Crippen molar-refractivity contribution in [3.8, 4) is 5.75 Å². The molecular formula is C17H16F2N4O2. The summed E-state index contributed by atoms with van der Waals surface area (Å²) in [4.78, 5) is 16.6. The van der Waals surface area contributed by atoms with Crippen molar-refractivity contribution in [2.75, 3.05) is 0 Å². The first kappa shape index (κ1) is 16.8. The Morgan fingerprint density at radius 3 is 2.72 bits per heavy atom. The summed E-state index contributed by atoms with van der Waals surface area (Å²) in [5.41, 5.74) is 2.71. The summed E-state index contributed by atoms with van der Waals surface area (Å²) in [6, 6.07) is 7.84. The predicted octanol–water partition coefficient (Wildman–Crippen LogP) is 2.81. The van der Waals surface area contributed by atoms with E-state index in [1.54, 1.807) is 29.9 Å². The predicted molar refractivity (Wildman–Crippen MR) is 87.5 cm³/mol. The number of nitrogens with zero attached hydrogens (tertiary/aromatic N) is 3. The average Bonchev–Trinajstić information content (AvgIpc) is 2.87. The Morgan fingerprint density at radius 1 is 1.32 bits per heavy atom. The van der Waals surface area contributed by atoms with Gasteiger partial charge in [-0.1, -0.05) is 12.1 Å². The zero-order valence-corrected chi connectivity index (χ0v) is 13.7. The fraction of sp³-hybridized carbons (Fsp3) is 0.235. The molecule has 0 aliphatic carbocycles. The minimum atomic E-state index is -2.86. The number of nitrogens with one attached hydrogen (secondary N) is 1. The van der Waals surface area contributed by atoms with Crippen LogP contribution in [-0.4, -0.2) is 27.3 Å². The first-order valence-corrected chi connectivity index (χ1v) is 7.55. The van der Waals surface area contributed by atoms with Crippen molar-refractivity contribution >= 4 is 16.9 Å². The molecule has 0 saturated carbocycles. The van der Waals surface area contributed by atoms with Crippen LogP contribution in [0.4, 0.5) is 8.78 Å². The van der Waals surface area contributed by atoms with Gasteiger partial charge in [0.2, 0.25) is 0 Å². The fourth-order valence-electron chi connectivity index (χ4n) is 2.51. The Bertz CT molecular complexity index is 907. The summed E-state index contributed by atoms with van der Waals surface area (Å²) < 4.78 is 30.2. The largest absolute Gasteiger partial charge is 0.435 e. The lowest BCUT2D eigenvalue weighted by molar-refractivity contribution is -0.0498. The van der Waals surface area contributed by atoms with Crippen LogP contribution in [0.5, 0.6) is 5.75 Å². The number of amides is 1. The highest BCUT2D eigenvalue weighted by Gasteiger charge is 2.12. The molecule has 0 bridgehead atoms. The van der Waals surface area contributed by atoms with E-state index in [4.69, 9.17) is 0 Å². The number of halogens is 2. The Balaban J connectivity index is 1.67. The molecule has 2 aromatic heterocycles. The highest BCUT2D eigenvalue weighted by atomic mass is 19.3. The lowest BCUT2D eigenvalue weighted by Crippen LogP contribution is -2.22. The van der Waals surface area contributed by atoms with E-state index in [-0.39, 0.29) is 18.2 Å². The minimum Gasteiger partial charge on any atom is -0.435 e. The van der Waals surface area contributed by atoms with Crippen molar-refractivity contribution in [2.24, 2.45) is 7.05 Å². The number of fused-ring (bicyclic) bond motifs is 1. The zero-order chi connectivity index (χ0) is 18.0. The minimum absolute atomic E-state index is 0.0757. The second kappa shape index (κ2) is 6.84. The van der Waals surface area contributed by atoms with Crippen LogP contribution in [0.2, 0.25) is 0 Å². The number of carbonyl (C=O) groups is 1. The van der Waals surface area contributed by atoms with Crippen molar-refractivity contribution in [1.29, 1.82) is 0 Å². The van der Waals surface area contributed by atoms with E-state index in [1.165, 1.54) is 18.3 Å². The van der Waals surface area contributed by atoms with Crippen molar-refractivity contribution in [2.45, 2.75) is 20.1 Å². The van der Waals surface area contributed by atoms with Crippen molar-refractivity contribution in [3.63, 3.8) is 0 Å². The van der Waals surface area contributed by atoms with Gasteiger partial charge < -0.3 is 10.1 Å². The number of carbonyl (C=O) groups excluding carboxylic acids is 1. The topological polar surface area (TPSA) is 69.0 Å². The van der Waals surface area contributed by atoms with E-state index in [2.05, 4.69) is 20.1 Å². The second-order valence-corrected chi connectivity index (χ2v) is 5.51. The molecule has 25 heavy (non-hydrogen) atoms. The van der Waals surface area contributed by atoms with Gasteiger partial charge >= 0.3 is 6.61 Å². The summed E-state index contributed by atoms with van der Waals surface area (Å²) in [6.07, 6.45) is 1.50. The molecule has 0 atom stereocenters. The summed E-state index contributed by atoms with van der Waals surface area (Å²) in [7, 11) is 1.80. The van der Waals surface area contributed by atoms with Gasteiger partial charge in [0.25, 0.3) is 5.91 Å². The third-order valence-electron chi connectivity index (χ3n) is 3.73. The number of benzene rings is 1. The molecule has 3 rings (SSSR count). The van der Waals surface area contributed by atoms with E-state index in [0.717, 1.165) is 16.6 Å². The molecule has 0 saturated heterocycles. The molecular weight excluding hydrogens is 330 g/mol. The van der Waals surface area contributed by atoms with E-state index in [0.29, 0.717) is 11.2 Å². The maximum Gasteiger partial charge on any atom is 0.387 e. The van der Waals surface area contributed by atoms with E-state index < -0.39 is 6.61 Å². The van der Waals surface area contributed by atoms with E-state index in [9.17, 15) is 13.6 Å². The molecule has 2 heterocycles. The number of alkyl halides is 2. The Kier molecular flexibility index (Phi) is 4.60. The Morgan fingerprint density at radius 2 is 2.04 bits per heavy atom. The van der Waals surface area contributed by atoms with Gasteiger partial charge in [-0.15, -0.1) is 0 Å². The van der Waals surface area contributed by atoms with Gasteiger partial charge in [0.15, 0.2) is 5.65 Å². The fourth-order valence-corrected chi connectivity index (χ4v) is 2.51. The lowest BCUT2D eigenvalue weighted by atomic mass is 10.2. The molecule has 0 unspecified atom stereocenters. The van der Waals surface area contributed by atoms with Crippen LogP contribution in [0.15, 0.2) is 36.5 Å². The number of rotatable bonds is 5. The highest BCUT2D eigenvalue weighted by molar-refractivity contribution is 5.97. The van der Waals surface area contributed by atoms with Gasteiger partial charge in [-0.05, 0) is 30.7 Å². The molecule has 1 amide bonds. The normalized spacial score (nSPS) is 11.1. The number of ether oxygens (including phenoxy) is 1. The van der Waals surface area contributed by atoms with E-state index >= 15 is 0 Å². The van der Waals surface area contributed by atoms with Crippen LogP contribution in [0, 0.1) is 6.92 Å². The molecule has 8 heteroatoms. The number of hydrogen-bond donors (Lipinski definition) is 1. The molecule has 130 valence electrons. The number of hydrogen-bond acceptors (Lipinski definition) is 4. The zero-order valence-electron chi connectivity index (χ0n) is 13.7. The monoisotopic (exact) mass is 346 g/mol. The first-order chi connectivity index (χ1) is 11.9. The van der Waals surface area contributed by atoms with Crippen LogP contribution in [-0.2, 0) is 13.6 Å². The highest BCUT2D eigenvalue weighted by Crippen LogP contribution is 2.17. The number of pyridine rings is 1. The van der Waals surface area contributed by atoms with Crippen LogP contribution >= 0.6 is 0 Å². The van der Waals surface area contributed by atoms with Crippen LogP contribution in [0.3, 0.4) is 0 Å². The quantitative estimate of drug-likeness (QED) is 0.771. The van der Waals surface area contributed by atoms with Gasteiger partial charge in [0.05, 0.1) is 11.3 Å². The Labute approximate surface area is 142 Å². The van der Waals surface area contributed by atoms with Gasteiger partial charge in [-0.2, -0.15) is 13.9 Å². The SMILES string of the molecule is Cc1nn(C)c2ncc(C(=O)NCc3ccc(OC(F)F)cc3)cc12. The molecule has 3 aromatic rings. The van der Waals surface area contributed by atoms with Crippen molar-refractivity contribution < 1.29 is 18.3 Å². The third-order valence-corrected chi connectivity index (χ3v) is 3.73. The van der Waals surface area contributed by atoms with Crippen molar-refractivity contribution in [1.82, 2.24) is 20.1 Å². The molecule has 0 spiro atoms. The average molecular weight is 346 g/mol. The van der Waals surface area contributed by atoms with Crippen LogP contribution in [0.25, 0.3) is 11.0 Å². The second-order valence-electron chi connectivity index (χ2n) is 5.51. The third kappa shape index (κ3) is 3.73. The van der Waals surface area contributed by atoms with E-state index in [1.807, 2.05) is 6.92 Å². The summed E-state index contributed by atoms with van der Waals surface area (Å²) in [6.45, 7) is -0.740. The smallest absolute Gasteiger partial charge is 0.387 e. The molecule has 0 fully saturated rings. The molecule has 6 nitrogen and oxygen atoms in total. The number of aryl methyl sites for hydroxylation is 2. The van der Waals surface area contributed by atoms with Gasteiger partial charge in [-0.25, -0.2) is 4.98 Å². The first-order valence-electron chi connectivity index (χ1n) is 7.55. The van der Waals surface area contributed by atoms with Crippen molar-refractivity contribution in [3.05, 3.63) is 53.3 Å². The standard InChI is InChI=1S/C17H16F2N4O2/c1-10-14-7-12(9-20-15(14)23(2)22-10)16(24)21-8-11-3-5-13(6-4-11)25-17(18)19/h3-7,9,17H,8H2,1-2H3,(H,21,24). The molecule has 0 aliphatic heterocycles. The maximum atomic E-state index is 12.3. The summed E-state index contributed by atoms with van der Waals surface area (Å²) >= 11 is 0. The lowest BCUT2D eigenvalue weighted by Gasteiger charge is -2.07. The molecule has 1 aromatic carbocycles. The molecule has 0 aliphatic rings. The maximum absolute atomic E-state index is 12.3. The Hall–Kier alpha value is -3.03. The molecule has 1 N–H and O–H groups in total. The van der Waals surface area contributed by atoms with Crippen LogP contribution < -0.4 is 10.1 Å². The number of aromatic nitrogens is 3. The summed E-state index contributed by atoms with van der Waals surface area (Å²) in [5, 5.41) is 7.86. The van der Waals surface area contributed by atoms with Gasteiger partial charge in [0, 0.05) is 25.2 Å². The summed E-state index contributed by atoms with van der Waals surface area (Å²) in [5.74, 6) is -0.197. The molecule has 0 radical (unpaired) electrons.